The zero-order valence-electron chi connectivity index (χ0n) is 13.7. The number of carbonyl (C=O) groups excluding carboxylic acids is 1. The third-order valence-corrected chi connectivity index (χ3v) is 5.45. The van der Waals surface area contributed by atoms with Gasteiger partial charge in [0.25, 0.3) is 0 Å². The van der Waals surface area contributed by atoms with E-state index in [9.17, 15) is 17.6 Å². The van der Waals surface area contributed by atoms with Crippen molar-refractivity contribution in [1.82, 2.24) is 4.31 Å². The van der Waals surface area contributed by atoms with Gasteiger partial charge in [-0.25, -0.2) is 12.8 Å². The lowest BCUT2D eigenvalue weighted by Crippen LogP contribution is -2.35. The second-order valence-electron chi connectivity index (χ2n) is 5.53. The number of nitrogens with one attached hydrogen (secondary N) is 1. The Morgan fingerprint density at radius 3 is 2.17 bits per heavy atom. The van der Waals surface area contributed by atoms with E-state index >= 15 is 0 Å². The molecule has 24 heavy (non-hydrogen) atoms. The Bertz CT molecular complexity index is 828. The van der Waals surface area contributed by atoms with E-state index in [1.54, 1.807) is 0 Å². The van der Waals surface area contributed by atoms with Crippen LogP contribution in [-0.4, -0.2) is 32.2 Å². The first-order valence-corrected chi connectivity index (χ1v) is 8.74. The lowest BCUT2D eigenvalue weighted by molar-refractivity contribution is -0.116. The molecule has 0 aliphatic heterocycles. The van der Waals surface area contributed by atoms with E-state index in [0.717, 1.165) is 27.6 Å². The summed E-state index contributed by atoms with van der Waals surface area (Å²) in [4.78, 5) is 12.1. The third-order valence-electron chi connectivity index (χ3n) is 3.63. The molecular weight excluding hydrogens is 331 g/mol. The van der Waals surface area contributed by atoms with Crippen LogP contribution in [0.1, 0.15) is 11.1 Å². The number of likely N-dealkylation sites (N-methyl/N-ethyl adjacent to an activating group) is 1. The number of hydrogen-bond donors (Lipinski definition) is 1. The van der Waals surface area contributed by atoms with Crippen molar-refractivity contribution in [2.24, 2.45) is 0 Å². The quantitative estimate of drug-likeness (QED) is 0.902. The van der Waals surface area contributed by atoms with Gasteiger partial charge >= 0.3 is 0 Å². The first kappa shape index (κ1) is 18.1. The summed E-state index contributed by atoms with van der Waals surface area (Å²) in [5.74, 6) is -0.968. The Hall–Kier alpha value is -2.25. The van der Waals surface area contributed by atoms with Gasteiger partial charge in [0.1, 0.15) is 5.82 Å². The number of halogens is 1. The summed E-state index contributed by atoms with van der Waals surface area (Å²) in [6.45, 7) is 3.39. The third kappa shape index (κ3) is 3.98. The fourth-order valence-electron chi connectivity index (χ4n) is 2.26. The molecule has 0 unspecified atom stereocenters. The maximum atomic E-state index is 12.9. The Balaban J connectivity index is 2.12. The second kappa shape index (κ2) is 7.11. The monoisotopic (exact) mass is 350 g/mol. The molecular formula is C17H19FN2O3S. The molecule has 0 aromatic heterocycles. The van der Waals surface area contributed by atoms with Crippen LogP contribution in [0, 0.1) is 19.7 Å². The van der Waals surface area contributed by atoms with Crippen LogP contribution >= 0.6 is 0 Å². The van der Waals surface area contributed by atoms with Crippen molar-refractivity contribution in [2.75, 3.05) is 18.9 Å². The highest BCUT2D eigenvalue weighted by atomic mass is 32.2. The molecule has 1 N–H and O–H groups in total. The molecule has 0 aliphatic rings. The number of sulfonamides is 1. The molecule has 2 aromatic rings. The minimum Gasteiger partial charge on any atom is -0.324 e. The molecule has 0 atom stereocenters. The molecule has 0 aliphatic carbocycles. The van der Waals surface area contributed by atoms with Gasteiger partial charge < -0.3 is 5.32 Å². The van der Waals surface area contributed by atoms with Crippen LogP contribution in [0.4, 0.5) is 10.1 Å². The number of rotatable bonds is 5. The highest BCUT2D eigenvalue weighted by molar-refractivity contribution is 7.89. The van der Waals surface area contributed by atoms with Crippen molar-refractivity contribution in [3.05, 3.63) is 59.4 Å². The summed E-state index contributed by atoms with van der Waals surface area (Å²) >= 11 is 0. The minimum absolute atomic E-state index is 0.0636. The molecule has 0 fully saturated rings. The van der Waals surface area contributed by atoms with E-state index in [1.807, 2.05) is 32.0 Å². The second-order valence-corrected chi connectivity index (χ2v) is 7.57. The van der Waals surface area contributed by atoms with Gasteiger partial charge in [-0.3, -0.25) is 4.79 Å². The minimum atomic E-state index is -3.86. The molecule has 0 heterocycles. The van der Waals surface area contributed by atoms with Gasteiger partial charge in [-0.2, -0.15) is 4.31 Å². The van der Waals surface area contributed by atoms with Crippen LogP contribution < -0.4 is 5.32 Å². The average molecular weight is 350 g/mol. The fourth-order valence-corrected chi connectivity index (χ4v) is 3.39. The largest absolute Gasteiger partial charge is 0.324 e. The lowest BCUT2D eigenvalue weighted by Gasteiger charge is -2.18. The van der Waals surface area contributed by atoms with E-state index in [1.165, 1.54) is 19.2 Å². The molecule has 0 spiro atoms. The fraction of sp³-hybridized carbons (Fsp3) is 0.235. The SMILES string of the molecule is Cc1cccc(C)c1NC(=O)CN(C)S(=O)(=O)c1ccc(F)cc1. The van der Waals surface area contributed by atoms with Crippen molar-refractivity contribution in [2.45, 2.75) is 18.7 Å². The summed E-state index contributed by atoms with van der Waals surface area (Å²) < 4.78 is 38.6. The Morgan fingerprint density at radius 2 is 1.62 bits per heavy atom. The van der Waals surface area contributed by atoms with E-state index < -0.39 is 21.7 Å². The molecule has 1 amide bonds. The molecule has 0 radical (unpaired) electrons. The van der Waals surface area contributed by atoms with Crippen molar-refractivity contribution in [1.29, 1.82) is 0 Å². The lowest BCUT2D eigenvalue weighted by atomic mass is 10.1. The Kier molecular flexibility index (Phi) is 5.36. The maximum Gasteiger partial charge on any atom is 0.243 e. The van der Waals surface area contributed by atoms with Gasteiger partial charge in [-0.1, -0.05) is 18.2 Å². The van der Waals surface area contributed by atoms with Crippen molar-refractivity contribution >= 4 is 21.6 Å². The zero-order valence-corrected chi connectivity index (χ0v) is 14.5. The summed E-state index contributed by atoms with van der Waals surface area (Å²) in [7, 11) is -2.55. The number of anilines is 1. The molecule has 2 rings (SSSR count). The normalized spacial score (nSPS) is 11.5. The van der Waals surface area contributed by atoms with E-state index in [2.05, 4.69) is 5.32 Å². The van der Waals surface area contributed by atoms with Crippen molar-refractivity contribution in [3.63, 3.8) is 0 Å². The van der Waals surface area contributed by atoms with Gasteiger partial charge in [0, 0.05) is 12.7 Å². The van der Waals surface area contributed by atoms with Crippen LogP contribution in [0.15, 0.2) is 47.4 Å². The maximum absolute atomic E-state index is 12.9. The molecule has 7 heteroatoms. The van der Waals surface area contributed by atoms with Gasteiger partial charge in [0.15, 0.2) is 0 Å². The van der Waals surface area contributed by atoms with Crippen LogP contribution in [0.2, 0.25) is 0 Å². The smallest absolute Gasteiger partial charge is 0.243 e. The van der Waals surface area contributed by atoms with E-state index in [0.29, 0.717) is 5.69 Å². The topological polar surface area (TPSA) is 66.5 Å². The summed E-state index contributed by atoms with van der Waals surface area (Å²) in [5.41, 5.74) is 2.47. The average Bonchev–Trinajstić information content (AvgIpc) is 2.51. The number of benzene rings is 2. The molecule has 128 valence electrons. The van der Waals surface area contributed by atoms with Crippen LogP contribution in [0.3, 0.4) is 0 Å². The predicted octanol–water partition coefficient (Wildman–Crippen LogP) is 2.70. The van der Waals surface area contributed by atoms with Crippen molar-refractivity contribution < 1.29 is 17.6 Å². The van der Waals surface area contributed by atoms with Crippen LogP contribution in [-0.2, 0) is 14.8 Å². The van der Waals surface area contributed by atoms with Gasteiger partial charge in [-0.05, 0) is 49.2 Å². The van der Waals surface area contributed by atoms with Gasteiger partial charge in [0.2, 0.25) is 15.9 Å². The highest BCUT2D eigenvalue weighted by Crippen LogP contribution is 2.20. The van der Waals surface area contributed by atoms with Gasteiger partial charge in [0.05, 0.1) is 11.4 Å². The number of amides is 1. The number of carbonyl (C=O) groups is 1. The Labute approximate surface area is 141 Å². The molecule has 0 saturated carbocycles. The highest BCUT2D eigenvalue weighted by Gasteiger charge is 2.23. The predicted molar refractivity (Wildman–Crippen MR) is 90.8 cm³/mol. The summed E-state index contributed by atoms with van der Waals surface area (Å²) in [5, 5.41) is 2.74. The molecule has 2 aromatic carbocycles. The van der Waals surface area contributed by atoms with Crippen LogP contribution in [0.25, 0.3) is 0 Å². The van der Waals surface area contributed by atoms with Gasteiger partial charge in [-0.15, -0.1) is 0 Å². The summed E-state index contributed by atoms with van der Waals surface area (Å²) in [6.07, 6.45) is 0. The first-order valence-electron chi connectivity index (χ1n) is 7.30. The first-order chi connectivity index (χ1) is 11.2. The Morgan fingerprint density at radius 1 is 1.08 bits per heavy atom. The van der Waals surface area contributed by atoms with E-state index in [-0.39, 0.29) is 11.4 Å². The number of nitrogens with zero attached hydrogens (tertiary/aromatic N) is 1. The standard InChI is InChI=1S/C17H19FN2O3S/c1-12-5-4-6-13(2)17(12)19-16(21)11-20(3)24(22,23)15-9-7-14(18)8-10-15/h4-10H,11H2,1-3H3,(H,19,21). The van der Waals surface area contributed by atoms with Crippen LogP contribution in [0.5, 0.6) is 0 Å². The van der Waals surface area contributed by atoms with Crippen molar-refractivity contribution in [3.8, 4) is 0 Å². The number of aryl methyl sites for hydroxylation is 2. The number of hydrogen-bond acceptors (Lipinski definition) is 3. The molecule has 0 saturated heterocycles. The molecule has 5 nitrogen and oxygen atoms in total. The van der Waals surface area contributed by atoms with E-state index in [4.69, 9.17) is 0 Å². The zero-order chi connectivity index (χ0) is 17.9. The molecule has 0 bridgehead atoms. The summed E-state index contributed by atoms with van der Waals surface area (Å²) in [6, 6.07) is 10.1. The number of para-hydroxylation sites is 1.